The van der Waals surface area contributed by atoms with Crippen LogP contribution in [0.5, 0.6) is 0 Å². The number of imidazole rings is 1. The van der Waals surface area contributed by atoms with Gasteiger partial charge in [0.05, 0.1) is 45.9 Å². The first-order chi connectivity index (χ1) is 16.0. The van der Waals surface area contributed by atoms with E-state index < -0.39 is 18.1 Å². The number of likely N-dealkylation sites (tertiary alicyclic amines) is 1. The molecule has 1 aliphatic rings. The molecule has 34 heavy (non-hydrogen) atoms. The number of benzene rings is 1. The lowest BCUT2D eigenvalue weighted by atomic mass is 10.0. The third-order valence-corrected chi connectivity index (χ3v) is 6.48. The summed E-state index contributed by atoms with van der Waals surface area (Å²) in [5.41, 5.74) is 2.59. The van der Waals surface area contributed by atoms with Crippen molar-refractivity contribution < 1.29 is 15.0 Å². The predicted octanol–water partition coefficient (Wildman–Crippen LogP) is 3.31. The monoisotopic (exact) mass is 506 g/mol. The highest BCUT2D eigenvalue weighted by Gasteiger charge is 2.32. The van der Waals surface area contributed by atoms with E-state index in [1.807, 2.05) is 10.6 Å². The average molecular weight is 507 g/mol. The molecule has 3 heterocycles. The van der Waals surface area contributed by atoms with Crippen molar-refractivity contribution in [1.29, 1.82) is 0 Å². The van der Waals surface area contributed by atoms with Crippen molar-refractivity contribution >= 4 is 46.1 Å². The van der Waals surface area contributed by atoms with Crippen molar-refractivity contribution in [2.45, 2.75) is 57.9 Å². The summed E-state index contributed by atoms with van der Waals surface area (Å²) in [6.07, 6.45) is 1.81. The Balaban J connectivity index is 1.61. The molecule has 1 aromatic carbocycles. The highest BCUT2D eigenvalue weighted by atomic mass is 35.5. The maximum atomic E-state index is 12.0. The minimum Gasteiger partial charge on any atom is -0.389 e. The smallest absolute Gasteiger partial charge is 0.251 e. The van der Waals surface area contributed by atoms with Crippen LogP contribution in [0.3, 0.4) is 0 Å². The van der Waals surface area contributed by atoms with Crippen LogP contribution in [-0.4, -0.2) is 71.9 Å². The van der Waals surface area contributed by atoms with Crippen LogP contribution >= 0.6 is 23.2 Å². The molecule has 182 valence electrons. The number of β-amino-alcohol motifs (C(OH)–C–C–N with tert-alkyl or cyclic N) is 1. The molecule has 11 heteroatoms. The number of fused-ring (bicyclic) bond motifs is 1. The van der Waals surface area contributed by atoms with Gasteiger partial charge < -0.3 is 25.0 Å². The molecule has 0 unspecified atom stereocenters. The second-order valence-electron chi connectivity index (χ2n) is 9.57. The number of aromatic nitrogens is 4. The normalized spacial score (nSPS) is 19.9. The third-order valence-electron chi connectivity index (χ3n) is 5.91. The first-order valence-electron chi connectivity index (χ1n) is 11.1. The molecule has 3 atom stereocenters. The molecule has 2 aromatic heterocycles. The molecule has 0 radical (unpaired) electrons. The molecular weight excluding hydrogens is 479 g/mol. The number of hydrogen-bond donors (Lipinski definition) is 3. The van der Waals surface area contributed by atoms with Crippen molar-refractivity contribution in [3.05, 3.63) is 34.7 Å². The van der Waals surface area contributed by atoms with Crippen molar-refractivity contribution in [2.24, 2.45) is 0 Å². The van der Waals surface area contributed by atoms with E-state index in [2.05, 4.69) is 41.0 Å². The number of amides is 1. The van der Waals surface area contributed by atoms with Crippen LogP contribution in [0, 0.1) is 0 Å². The molecule has 0 spiro atoms. The standard InChI is InChI=1S/C23H28Cl2N6O3/c1-12(32)21(34)30-6-5-16(18(33)10-30)28-22-26-9-15(25)19(29-22)13-7-14(24)20-17(8-13)31(11-27-20)23(2,3)4/h7-9,11-12,16,18,32-33H,5-6,10H2,1-4H3,(H,26,28,29)/t12-,16+,18+/m0/s1. The number of aliphatic hydroxyl groups is 2. The van der Waals surface area contributed by atoms with E-state index >= 15 is 0 Å². The third kappa shape index (κ3) is 4.84. The van der Waals surface area contributed by atoms with E-state index in [4.69, 9.17) is 23.2 Å². The number of halogens is 2. The van der Waals surface area contributed by atoms with E-state index in [9.17, 15) is 15.0 Å². The fraction of sp³-hybridized carbons (Fsp3) is 0.478. The largest absolute Gasteiger partial charge is 0.389 e. The Hall–Kier alpha value is -2.46. The van der Waals surface area contributed by atoms with Gasteiger partial charge in [0.2, 0.25) is 5.95 Å². The Kier molecular flexibility index (Phi) is 6.74. The molecule has 1 amide bonds. The zero-order valence-electron chi connectivity index (χ0n) is 19.5. The predicted molar refractivity (Wildman–Crippen MR) is 132 cm³/mol. The summed E-state index contributed by atoms with van der Waals surface area (Å²) in [6, 6.07) is 3.36. The molecule has 3 N–H and O–H groups in total. The van der Waals surface area contributed by atoms with Gasteiger partial charge in [-0.15, -0.1) is 0 Å². The van der Waals surface area contributed by atoms with Gasteiger partial charge in [-0.1, -0.05) is 23.2 Å². The minimum atomic E-state index is -1.10. The topological polar surface area (TPSA) is 116 Å². The Morgan fingerprint density at radius 1 is 1.24 bits per heavy atom. The van der Waals surface area contributed by atoms with E-state index in [0.717, 1.165) is 11.1 Å². The van der Waals surface area contributed by atoms with Crippen LogP contribution in [0.15, 0.2) is 24.7 Å². The lowest BCUT2D eigenvalue weighted by molar-refractivity contribution is -0.142. The highest BCUT2D eigenvalue weighted by Crippen LogP contribution is 2.34. The fourth-order valence-corrected chi connectivity index (χ4v) is 4.58. The van der Waals surface area contributed by atoms with Gasteiger partial charge in [-0.2, -0.15) is 0 Å². The Labute approximate surface area is 207 Å². The molecular formula is C23H28Cl2N6O3. The van der Waals surface area contributed by atoms with Crippen molar-refractivity contribution in [3.8, 4) is 11.3 Å². The Morgan fingerprint density at radius 3 is 2.62 bits per heavy atom. The van der Waals surface area contributed by atoms with E-state index in [1.165, 1.54) is 18.0 Å². The summed E-state index contributed by atoms with van der Waals surface area (Å²) in [4.78, 5) is 26.8. The van der Waals surface area contributed by atoms with Gasteiger partial charge in [-0.25, -0.2) is 15.0 Å². The van der Waals surface area contributed by atoms with E-state index in [1.54, 1.807) is 12.4 Å². The summed E-state index contributed by atoms with van der Waals surface area (Å²) < 4.78 is 2.05. The van der Waals surface area contributed by atoms with Crippen LogP contribution in [-0.2, 0) is 10.3 Å². The summed E-state index contributed by atoms with van der Waals surface area (Å²) in [6.45, 7) is 8.19. The quantitative estimate of drug-likeness (QED) is 0.496. The summed E-state index contributed by atoms with van der Waals surface area (Å²) >= 11 is 13.0. The number of nitrogens with zero attached hydrogens (tertiary/aromatic N) is 5. The van der Waals surface area contributed by atoms with Crippen LogP contribution in [0.2, 0.25) is 10.0 Å². The summed E-state index contributed by atoms with van der Waals surface area (Å²) in [5, 5.41) is 24.1. The maximum Gasteiger partial charge on any atom is 0.251 e. The second kappa shape index (κ2) is 9.30. The summed E-state index contributed by atoms with van der Waals surface area (Å²) in [5.74, 6) is -0.0939. The van der Waals surface area contributed by atoms with Gasteiger partial charge >= 0.3 is 0 Å². The minimum absolute atomic E-state index is 0.116. The van der Waals surface area contributed by atoms with Gasteiger partial charge in [0.15, 0.2) is 0 Å². The van der Waals surface area contributed by atoms with Gasteiger partial charge in [-0.05, 0) is 46.2 Å². The highest BCUT2D eigenvalue weighted by molar-refractivity contribution is 6.36. The van der Waals surface area contributed by atoms with Crippen molar-refractivity contribution in [2.75, 3.05) is 18.4 Å². The average Bonchev–Trinajstić information content (AvgIpc) is 3.21. The molecule has 0 bridgehead atoms. The molecule has 3 aromatic rings. The van der Waals surface area contributed by atoms with Crippen LogP contribution in [0.25, 0.3) is 22.3 Å². The maximum absolute atomic E-state index is 12.0. The molecule has 9 nitrogen and oxygen atoms in total. The van der Waals surface area contributed by atoms with E-state index in [0.29, 0.717) is 40.2 Å². The van der Waals surface area contributed by atoms with Crippen LogP contribution in [0.4, 0.5) is 5.95 Å². The number of aliphatic hydroxyl groups excluding tert-OH is 2. The SMILES string of the molecule is C[C@H](O)C(=O)N1CC[C@@H](Nc2ncc(Cl)c(-c3cc(Cl)c4ncn(C(C)(C)C)c4c3)n2)[C@H](O)C1. The zero-order chi connectivity index (χ0) is 24.8. The summed E-state index contributed by atoms with van der Waals surface area (Å²) in [7, 11) is 0. The number of hydrogen-bond acceptors (Lipinski definition) is 7. The van der Waals surface area contributed by atoms with Crippen LogP contribution in [0.1, 0.15) is 34.1 Å². The molecule has 0 aliphatic carbocycles. The molecule has 4 rings (SSSR count). The van der Waals surface area contributed by atoms with Crippen molar-refractivity contribution in [1.82, 2.24) is 24.4 Å². The lowest BCUT2D eigenvalue weighted by Crippen LogP contribution is -2.53. The Bertz CT molecular complexity index is 1220. The van der Waals surface area contributed by atoms with Crippen molar-refractivity contribution in [3.63, 3.8) is 0 Å². The number of rotatable bonds is 4. The fourth-order valence-electron chi connectivity index (χ4n) is 4.11. The van der Waals surface area contributed by atoms with Gasteiger partial charge in [0.25, 0.3) is 5.91 Å². The number of carbonyl (C=O) groups excluding carboxylic acids is 1. The molecule has 1 fully saturated rings. The van der Waals surface area contributed by atoms with Crippen LogP contribution < -0.4 is 5.32 Å². The van der Waals surface area contributed by atoms with E-state index in [-0.39, 0.29) is 18.1 Å². The first kappa shape index (κ1) is 24.7. The Morgan fingerprint density at radius 2 is 1.97 bits per heavy atom. The lowest BCUT2D eigenvalue weighted by Gasteiger charge is -2.36. The molecule has 1 saturated heterocycles. The second-order valence-corrected chi connectivity index (χ2v) is 10.4. The first-order valence-corrected chi connectivity index (χ1v) is 11.8. The number of carbonyl (C=O) groups is 1. The van der Waals surface area contributed by atoms with Gasteiger partial charge in [-0.3, -0.25) is 4.79 Å². The van der Waals surface area contributed by atoms with Gasteiger partial charge in [0.1, 0.15) is 11.6 Å². The molecule has 0 saturated carbocycles. The van der Waals surface area contributed by atoms with Gasteiger partial charge in [0, 0.05) is 24.2 Å². The molecule has 1 aliphatic heterocycles. The number of piperidine rings is 1. The zero-order valence-corrected chi connectivity index (χ0v) is 21.0. The number of anilines is 1. The number of nitrogens with one attached hydrogen (secondary N) is 1.